The van der Waals surface area contributed by atoms with Gasteiger partial charge in [-0.2, -0.15) is 0 Å². The zero-order valence-electron chi connectivity index (χ0n) is 39.0. The molecule has 10 heteroatoms. The molecule has 0 aromatic heterocycles. The molecule has 0 aliphatic carbocycles. The zero-order chi connectivity index (χ0) is 46.0. The van der Waals surface area contributed by atoms with E-state index < -0.39 is 26.5 Å². The summed E-state index contributed by atoms with van der Waals surface area (Å²) in [5, 5.41) is 12.7. The van der Waals surface area contributed by atoms with Gasteiger partial charge < -0.3 is 20.1 Å². The Kier molecular flexibility index (Phi) is 44.7. The largest absolute Gasteiger partial charge is 0.472 e. The molecule has 354 valence electrons. The van der Waals surface area contributed by atoms with E-state index in [0.717, 1.165) is 122 Å². The summed E-state index contributed by atoms with van der Waals surface area (Å²) in [5.41, 5.74) is 0. The number of carbonyl (C=O) groups excluding carboxylic acids is 2. The van der Waals surface area contributed by atoms with Crippen LogP contribution in [0.15, 0.2) is 134 Å². The molecule has 2 unspecified atom stereocenters. The number of amides is 1. The summed E-state index contributed by atoms with van der Waals surface area (Å²) >= 11 is 0. The molecule has 0 spiro atoms. The predicted octanol–water partition coefficient (Wildman–Crippen LogP) is 13.9. The van der Waals surface area contributed by atoms with Gasteiger partial charge in [-0.15, -0.1) is 0 Å². The minimum atomic E-state index is -4.45. The lowest BCUT2D eigenvalue weighted by atomic mass is 10.1. The lowest BCUT2D eigenvalue weighted by molar-refractivity contribution is -0.147. The number of hydrogen-bond acceptors (Lipinski definition) is 7. The zero-order valence-corrected chi connectivity index (χ0v) is 39.8. The normalized spacial score (nSPS) is 14.4. The average Bonchev–Trinajstić information content (AvgIpc) is 3.27. The van der Waals surface area contributed by atoms with Crippen molar-refractivity contribution in [2.75, 3.05) is 26.4 Å². The first-order chi connectivity index (χ1) is 30.8. The van der Waals surface area contributed by atoms with Gasteiger partial charge in [0.1, 0.15) is 12.7 Å². The highest BCUT2D eigenvalue weighted by Gasteiger charge is 2.23. The lowest BCUT2D eigenvalue weighted by Gasteiger charge is -2.15. The van der Waals surface area contributed by atoms with E-state index in [-0.39, 0.29) is 32.1 Å². The first kappa shape index (κ1) is 59.1. The van der Waals surface area contributed by atoms with Crippen molar-refractivity contribution < 1.29 is 37.9 Å². The number of unbranched alkanes of at least 4 members (excludes halogenated alkanes) is 7. The van der Waals surface area contributed by atoms with E-state index in [2.05, 4.69) is 153 Å². The van der Waals surface area contributed by atoms with Crippen LogP contribution in [0, 0.1) is 0 Å². The van der Waals surface area contributed by atoms with Crippen LogP contribution in [0.5, 0.6) is 0 Å². The van der Waals surface area contributed by atoms with Gasteiger partial charge in [0.05, 0.1) is 13.2 Å². The Morgan fingerprint density at radius 2 is 0.857 bits per heavy atom. The van der Waals surface area contributed by atoms with E-state index in [4.69, 9.17) is 13.8 Å². The van der Waals surface area contributed by atoms with Crippen molar-refractivity contribution >= 4 is 19.7 Å². The van der Waals surface area contributed by atoms with Crippen molar-refractivity contribution in [1.29, 1.82) is 0 Å². The molecule has 2 atom stereocenters. The molecule has 0 fully saturated rings. The van der Waals surface area contributed by atoms with E-state index in [1.54, 1.807) is 0 Å². The summed E-state index contributed by atoms with van der Waals surface area (Å²) in [6.07, 6.45) is 66.7. The van der Waals surface area contributed by atoms with Gasteiger partial charge in [-0.3, -0.25) is 18.6 Å². The summed E-state index contributed by atoms with van der Waals surface area (Å²) in [4.78, 5) is 34.0. The van der Waals surface area contributed by atoms with Gasteiger partial charge in [0, 0.05) is 19.4 Å². The van der Waals surface area contributed by atoms with Crippen molar-refractivity contribution in [3.05, 3.63) is 134 Å². The van der Waals surface area contributed by atoms with E-state index in [0.29, 0.717) is 12.8 Å². The number of rotatable bonds is 42. The van der Waals surface area contributed by atoms with Crippen LogP contribution in [0.4, 0.5) is 0 Å². The number of aliphatic hydroxyl groups is 1. The standard InChI is InChI=1S/C53H84NO8P/c1-3-5-7-9-11-13-15-17-19-21-23-24-25-26-28-30-32-34-36-38-40-42-44-46-53(57)60-49-51(55)50-62-63(58,59)61-48-47-54-52(56)45-43-41-39-37-35-33-31-29-27-22-20-18-16-14-12-10-8-6-4-2/h5-8,11-14,17-20,23-24,26-29,32-35,51,55H,3-4,9-10,15-16,21-22,25,30-31,36-50H2,1-2H3,(H,54,56)(H,58,59)/b7-5-,8-6-,13-11-,14-12-,19-17-,20-18-,24-23-,28-26-,29-27-,34-32-,35-33-. The van der Waals surface area contributed by atoms with Crippen molar-refractivity contribution in [3.8, 4) is 0 Å². The summed E-state index contributed by atoms with van der Waals surface area (Å²) in [5.74, 6) is -0.587. The maximum absolute atomic E-state index is 12.1. The molecule has 1 amide bonds. The minimum absolute atomic E-state index is 0.0510. The molecule has 0 aliphatic rings. The molecule has 0 aliphatic heterocycles. The molecule has 0 radical (unpaired) electrons. The molecular weight excluding hydrogens is 810 g/mol. The van der Waals surface area contributed by atoms with Crippen molar-refractivity contribution in [2.24, 2.45) is 0 Å². The van der Waals surface area contributed by atoms with Crippen molar-refractivity contribution in [2.45, 2.75) is 161 Å². The second kappa shape index (κ2) is 47.6. The molecule has 9 nitrogen and oxygen atoms in total. The molecule has 0 aromatic carbocycles. The number of esters is 1. The maximum Gasteiger partial charge on any atom is 0.472 e. The molecule has 63 heavy (non-hydrogen) atoms. The summed E-state index contributed by atoms with van der Waals surface area (Å²) in [6, 6.07) is 0. The quantitative estimate of drug-likeness (QED) is 0.0239. The fourth-order valence-electron chi connectivity index (χ4n) is 5.58. The molecule has 0 heterocycles. The summed E-state index contributed by atoms with van der Waals surface area (Å²) < 4.78 is 26.9. The summed E-state index contributed by atoms with van der Waals surface area (Å²) in [6.45, 7) is 3.22. The van der Waals surface area contributed by atoms with Gasteiger partial charge in [-0.05, 0) is 109 Å². The van der Waals surface area contributed by atoms with Crippen LogP contribution in [0.1, 0.15) is 155 Å². The van der Waals surface area contributed by atoms with Crippen LogP contribution in [0.25, 0.3) is 0 Å². The number of aliphatic hydroxyl groups excluding tert-OH is 1. The van der Waals surface area contributed by atoms with Crippen LogP contribution in [-0.2, 0) is 27.9 Å². The number of hydrogen-bond donors (Lipinski definition) is 3. The second-order valence-electron chi connectivity index (χ2n) is 15.0. The number of phosphoric acid groups is 1. The third-order valence-electron chi connectivity index (χ3n) is 9.08. The second-order valence-corrected chi connectivity index (χ2v) is 16.4. The molecule has 0 rings (SSSR count). The van der Waals surface area contributed by atoms with Crippen molar-refractivity contribution in [3.63, 3.8) is 0 Å². The molecule has 0 bridgehead atoms. The highest BCUT2D eigenvalue weighted by Crippen LogP contribution is 2.42. The Morgan fingerprint density at radius 3 is 1.29 bits per heavy atom. The molecule has 3 N–H and O–H groups in total. The van der Waals surface area contributed by atoms with E-state index in [1.165, 1.54) is 0 Å². The van der Waals surface area contributed by atoms with Gasteiger partial charge in [0.25, 0.3) is 0 Å². The van der Waals surface area contributed by atoms with E-state index in [9.17, 15) is 24.2 Å². The third-order valence-corrected chi connectivity index (χ3v) is 10.1. The molecular formula is C53H84NO8P. The van der Waals surface area contributed by atoms with Crippen LogP contribution >= 0.6 is 7.82 Å². The van der Waals surface area contributed by atoms with Gasteiger partial charge in [-0.25, -0.2) is 4.57 Å². The van der Waals surface area contributed by atoms with Crippen LogP contribution in [0.3, 0.4) is 0 Å². The fourth-order valence-corrected chi connectivity index (χ4v) is 6.34. The maximum atomic E-state index is 12.1. The van der Waals surface area contributed by atoms with E-state index in [1.807, 2.05) is 0 Å². The number of phosphoric ester groups is 1. The Bertz CT molecular complexity index is 1480. The predicted molar refractivity (Wildman–Crippen MR) is 265 cm³/mol. The van der Waals surface area contributed by atoms with Gasteiger partial charge in [-0.1, -0.05) is 167 Å². The molecule has 0 saturated carbocycles. The Morgan fingerprint density at radius 1 is 0.492 bits per heavy atom. The van der Waals surface area contributed by atoms with Gasteiger partial charge in [0.15, 0.2) is 0 Å². The Hall–Kier alpha value is -3.85. The van der Waals surface area contributed by atoms with Gasteiger partial charge in [0.2, 0.25) is 5.91 Å². The van der Waals surface area contributed by atoms with E-state index >= 15 is 0 Å². The Balaban J connectivity index is 3.73. The van der Waals surface area contributed by atoms with Gasteiger partial charge >= 0.3 is 13.8 Å². The topological polar surface area (TPSA) is 131 Å². The fraction of sp³-hybridized carbons (Fsp3) is 0.547. The minimum Gasteiger partial charge on any atom is -0.463 e. The smallest absolute Gasteiger partial charge is 0.463 e. The monoisotopic (exact) mass is 894 g/mol. The van der Waals surface area contributed by atoms with Crippen LogP contribution in [0.2, 0.25) is 0 Å². The van der Waals surface area contributed by atoms with Crippen LogP contribution < -0.4 is 5.32 Å². The SMILES string of the molecule is CC/C=C\C/C=C\C/C=C\C/C=C\C/C=C\C/C=C\CCCCCCC(=O)OCC(O)COP(=O)(O)OCCNC(=O)CCCCC/C=C\C/C=C\C/C=C\C/C=C\C/C=C\CC. The molecule has 0 aromatic rings. The first-order valence-electron chi connectivity index (χ1n) is 23.7. The number of carbonyl (C=O) groups is 2. The van der Waals surface area contributed by atoms with Crippen LogP contribution in [-0.4, -0.2) is 54.3 Å². The number of allylic oxidation sites excluding steroid dienone is 22. The lowest BCUT2D eigenvalue weighted by Crippen LogP contribution is -2.27. The highest BCUT2D eigenvalue weighted by molar-refractivity contribution is 7.47. The highest BCUT2D eigenvalue weighted by atomic mass is 31.2. The number of ether oxygens (including phenoxy) is 1. The average molecular weight is 894 g/mol. The molecule has 0 saturated heterocycles. The number of nitrogens with one attached hydrogen (secondary N) is 1. The van der Waals surface area contributed by atoms with Crippen molar-refractivity contribution in [1.82, 2.24) is 5.32 Å². The Labute approximate surface area is 382 Å². The third kappa shape index (κ3) is 49.0. The first-order valence-corrected chi connectivity index (χ1v) is 25.2. The summed E-state index contributed by atoms with van der Waals surface area (Å²) in [7, 11) is -4.45.